The third-order valence-electron chi connectivity index (χ3n) is 3.65. The van der Waals surface area contributed by atoms with E-state index in [0.29, 0.717) is 21.7 Å². The Bertz CT molecular complexity index is 999. The van der Waals surface area contributed by atoms with Crippen molar-refractivity contribution < 1.29 is 14.4 Å². The second-order valence-corrected chi connectivity index (χ2v) is 6.20. The minimum atomic E-state index is -0.292. The van der Waals surface area contributed by atoms with Crippen molar-refractivity contribution in [3.63, 3.8) is 0 Å². The summed E-state index contributed by atoms with van der Waals surface area (Å²) in [7, 11) is 3.28. The lowest BCUT2D eigenvalue weighted by Gasteiger charge is -2.05. The van der Waals surface area contributed by atoms with Crippen molar-refractivity contribution in [2.24, 2.45) is 17.9 Å². The smallest absolute Gasteiger partial charge is 0.228 e. The lowest BCUT2D eigenvalue weighted by molar-refractivity contribution is 0.0771. The van der Waals surface area contributed by atoms with E-state index in [4.69, 9.17) is 15.3 Å². The number of Topliss-reactive ketones (excluding diaryl/α,β-unsaturated/α-hetero) is 1. The number of amidine groups is 1. The van der Waals surface area contributed by atoms with Crippen LogP contribution in [0.5, 0.6) is 5.88 Å². The number of ether oxygens (including phenoxy) is 1. The van der Waals surface area contributed by atoms with Crippen molar-refractivity contribution in [1.82, 2.24) is 14.8 Å². The normalized spacial score (nSPS) is 11.6. The van der Waals surface area contributed by atoms with Crippen molar-refractivity contribution in [2.45, 2.75) is 0 Å². The van der Waals surface area contributed by atoms with Crippen molar-refractivity contribution in [2.75, 3.05) is 13.7 Å². The van der Waals surface area contributed by atoms with Gasteiger partial charge in [0.2, 0.25) is 11.7 Å². The van der Waals surface area contributed by atoms with Gasteiger partial charge in [-0.25, -0.2) is 4.98 Å². The number of nitrogens with zero attached hydrogens (tertiary/aromatic N) is 4. The summed E-state index contributed by atoms with van der Waals surface area (Å²) in [4.78, 5) is 21.7. The number of nitrogens with two attached hydrogens (primary N) is 1. The Hall–Kier alpha value is -2.94. The number of halogens is 1. The highest BCUT2D eigenvalue weighted by molar-refractivity contribution is 9.10. The van der Waals surface area contributed by atoms with Crippen molar-refractivity contribution >= 4 is 38.5 Å². The van der Waals surface area contributed by atoms with E-state index in [0.717, 1.165) is 10.9 Å². The van der Waals surface area contributed by atoms with Gasteiger partial charge in [-0.2, -0.15) is 5.10 Å². The van der Waals surface area contributed by atoms with Gasteiger partial charge in [0.15, 0.2) is 12.4 Å². The maximum Gasteiger partial charge on any atom is 0.228 e. The van der Waals surface area contributed by atoms with Crippen molar-refractivity contribution in [3.05, 3.63) is 52.3 Å². The molecule has 2 N–H and O–H groups in total. The van der Waals surface area contributed by atoms with Crippen LogP contribution in [0.25, 0.3) is 10.9 Å². The molecule has 0 bridgehead atoms. The number of carbonyl (C=O) groups is 1. The fourth-order valence-corrected chi connectivity index (χ4v) is 2.79. The van der Waals surface area contributed by atoms with Crippen LogP contribution in [0.1, 0.15) is 16.2 Å². The highest BCUT2D eigenvalue weighted by Gasteiger charge is 2.16. The second-order valence-electron chi connectivity index (χ2n) is 5.35. The summed E-state index contributed by atoms with van der Waals surface area (Å²) in [6.07, 6.45) is 0. The van der Waals surface area contributed by atoms with E-state index in [-0.39, 0.29) is 18.2 Å². The first-order valence-electron chi connectivity index (χ1n) is 7.62. The summed E-state index contributed by atoms with van der Waals surface area (Å²) in [5.41, 5.74) is 7.42. The van der Waals surface area contributed by atoms with Gasteiger partial charge in [0.1, 0.15) is 11.4 Å². The zero-order chi connectivity index (χ0) is 18.7. The molecule has 1 aromatic carbocycles. The minimum absolute atomic E-state index is 0.0366. The number of fused-ring (bicyclic) bond motifs is 1. The summed E-state index contributed by atoms with van der Waals surface area (Å²) in [5.74, 6) is 0.117. The molecule has 26 heavy (non-hydrogen) atoms. The van der Waals surface area contributed by atoms with Gasteiger partial charge in [0, 0.05) is 12.4 Å². The number of methoxy groups -OCH3 is 1. The number of benzene rings is 1. The fourth-order valence-electron chi connectivity index (χ4n) is 2.40. The molecule has 9 heteroatoms. The van der Waals surface area contributed by atoms with E-state index in [2.05, 4.69) is 31.2 Å². The number of oxime groups is 1. The number of ketones is 1. The Morgan fingerprint density at radius 1 is 1.31 bits per heavy atom. The average Bonchev–Trinajstić information content (AvgIpc) is 2.99. The van der Waals surface area contributed by atoms with E-state index in [9.17, 15) is 4.79 Å². The Labute approximate surface area is 157 Å². The lowest BCUT2D eigenvalue weighted by atomic mass is 10.1. The Morgan fingerprint density at radius 2 is 2.08 bits per heavy atom. The molecule has 3 aromatic rings. The van der Waals surface area contributed by atoms with Crippen molar-refractivity contribution in [3.8, 4) is 5.88 Å². The number of hydrogen-bond donors (Lipinski definition) is 1. The number of carbonyl (C=O) groups excluding carboxylic acids is 1. The van der Waals surface area contributed by atoms with E-state index < -0.39 is 0 Å². The Kier molecular flexibility index (Phi) is 5.17. The van der Waals surface area contributed by atoms with Gasteiger partial charge in [0.05, 0.1) is 17.1 Å². The molecule has 0 radical (unpaired) electrons. The number of aryl methyl sites for hydroxylation is 1. The summed E-state index contributed by atoms with van der Waals surface area (Å²) < 4.78 is 7.45. The molecule has 0 saturated carbocycles. The monoisotopic (exact) mass is 417 g/mol. The number of hydrogen-bond acceptors (Lipinski definition) is 6. The maximum absolute atomic E-state index is 12.4. The zero-order valence-electron chi connectivity index (χ0n) is 14.1. The van der Waals surface area contributed by atoms with Crippen LogP contribution in [-0.4, -0.2) is 40.1 Å². The molecular weight excluding hydrogens is 402 g/mol. The molecule has 0 unspecified atom stereocenters. The average molecular weight is 418 g/mol. The highest BCUT2D eigenvalue weighted by atomic mass is 79.9. The van der Waals surface area contributed by atoms with E-state index in [1.54, 1.807) is 23.9 Å². The summed E-state index contributed by atoms with van der Waals surface area (Å²) in [5, 5.41) is 8.77. The van der Waals surface area contributed by atoms with Gasteiger partial charge in [-0.05, 0) is 34.1 Å². The molecule has 8 nitrogen and oxygen atoms in total. The first kappa shape index (κ1) is 17.9. The van der Waals surface area contributed by atoms with Gasteiger partial charge < -0.3 is 15.3 Å². The number of para-hydroxylation sites is 1. The summed E-state index contributed by atoms with van der Waals surface area (Å²) >= 11 is 3.31. The van der Waals surface area contributed by atoms with Gasteiger partial charge in [-0.1, -0.05) is 23.4 Å². The highest BCUT2D eigenvalue weighted by Crippen LogP contribution is 2.22. The number of rotatable bonds is 6. The molecule has 0 atom stereocenters. The van der Waals surface area contributed by atoms with Gasteiger partial charge in [-0.15, -0.1) is 0 Å². The molecule has 0 aliphatic heterocycles. The molecule has 0 spiro atoms. The van der Waals surface area contributed by atoms with Crippen LogP contribution in [0.3, 0.4) is 0 Å². The molecule has 3 rings (SSSR count). The van der Waals surface area contributed by atoms with Gasteiger partial charge in [0.25, 0.3) is 0 Å². The van der Waals surface area contributed by atoms with Crippen LogP contribution in [0.2, 0.25) is 0 Å². The van der Waals surface area contributed by atoms with Crippen LogP contribution >= 0.6 is 15.9 Å². The van der Waals surface area contributed by atoms with Crippen LogP contribution in [0.4, 0.5) is 0 Å². The molecule has 0 saturated heterocycles. The maximum atomic E-state index is 12.4. The van der Waals surface area contributed by atoms with Crippen LogP contribution in [-0.2, 0) is 11.9 Å². The Morgan fingerprint density at radius 3 is 2.85 bits per heavy atom. The van der Waals surface area contributed by atoms with Crippen LogP contribution in [0.15, 0.2) is 46.0 Å². The largest absolute Gasteiger partial charge is 0.480 e. The lowest BCUT2D eigenvalue weighted by Crippen LogP contribution is -2.17. The zero-order valence-corrected chi connectivity index (χ0v) is 15.7. The molecule has 2 aromatic heterocycles. The quantitative estimate of drug-likeness (QED) is 0.285. The van der Waals surface area contributed by atoms with E-state index >= 15 is 0 Å². The van der Waals surface area contributed by atoms with Gasteiger partial charge >= 0.3 is 0 Å². The first-order chi connectivity index (χ1) is 12.5. The predicted octanol–water partition coefficient (Wildman–Crippen LogP) is 2.26. The number of pyridine rings is 1. The molecule has 2 heterocycles. The second kappa shape index (κ2) is 7.52. The molecule has 0 aliphatic rings. The first-order valence-corrected chi connectivity index (χ1v) is 8.42. The topological polar surface area (TPSA) is 105 Å². The fraction of sp³-hybridized carbons (Fsp3) is 0.176. The minimum Gasteiger partial charge on any atom is -0.480 e. The summed E-state index contributed by atoms with van der Waals surface area (Å²) in [6, 6.07) is 10.9. The molecule has 134 valence electrons. The number of aromatic nitrogens is 3. The van der Waals surface area contributed by atoms with Crippen LogP contribution in [0, 0.1) is 0 Å². The van der Waals surface area contributed by atoms with E-state index in [1.807, 2.05) is 24.3 Å². The molecule has 0 fully saturated rings. The third-order valence-corrected chi connectivity index (χ3v) is 4.25. The molecule has 0 amide bonds. The predicted molar refractivity (Wildman–Crippen MR) is 100 cm³/mol. The van der Waals surface area contributed by atoms with Crippen molar-refractivity contribution in [1.29, 1.82) is 0 Å². The Balaban J connectivity index is 1.72. The van der Waals surface area contributed by atoms with Gasteiger partial charge in [-0.3, -0.25) is 9.48 Å². The standard InChI is InChI=1S/C17H16BrN5O3/c1-23-13-6-4-3-5-10(13)15(21-23)14(24)9-26-22-16(19)12-8-7-11(18)17(20-12)25-2/h3-8H,9H2,1-2H3,(H2,19,22). The summed E-state index contributed by atoms with van der Waals surface area (Å²) in [6.45, 7) is -0.282. The van der Waals surface area contributed by atoms with E-state index in [1.165, 1.54) is 7.11 Å². The SMILES string of the molecule is COc1nc(/C(N)=N/OCC(=O)c2nn(C)c3ccccc23)ccc1Br. The third kappa shape index (κ3) is 3.52. The van der Waals surface area contributed by atoms with Crippen LogP contribution < -0.4 is 10.5 Å². The molecule has 0 aliphatic carbocycles. The molecular formula is C17H16BrN5O3.